The van der Waals surface area contributed by atoms with Gasteiger partial charge in [0, 0.05) is 42.6 Å². The van der Waals surface area contributed by atoms with Crippen molar-refractivity contribution in [3.63, 3.8) is 0 Å². The third kappa shape index (κ3) is 4.16. The summed E-state index contributed by atoms with van der Waals surface area (Å²) in [5, 5.41) is 6.64. The number of benzene rings is 1. The number of fused-ring (bicyclic) bond motifs is 2. The summed E-state index contributed by atoms with van der Waals surface area (Å²) < 4.78 is 18.8. The van der Waals surface area contributed by atoms with Gasteiger partial charge in [-0.15, -0.1) is 0 Å². The van der Waals surface area contributed by atoms with Crippen LogP contribution in [0.25, 0.3) is 10.9 Å². The Bertz CT molecular complexity index is 1170. The molecule has 2 aromatic heterocycles. The standard InChI is InChI=1S/C23H24FN5O3/c24-17-1-2-19-15(7-17)8-18(28-19)11-27-23(31)16-9-20-22(25-10-16)26-12-21(30)29(20)13-14-3-5-32-6-4-14/h1-2,7-10,14,28H,3-6,11-13H2,(H,25,26)(H,27,31). The number of aromatic nitrogens is 2. The van der Waals surface area contributed by atoms with Crippen LogP contribution in [0.2, 0.25) is 0 Å². The SMILES string of the molecule is O=C(NCc1cc2cc(F)ccc2[nH]1)c1cnc2c(c1)N(CC1CCOCC1)C(=O)CN2. The first kappa shape index (κ1) is 20.4. The molecular weight excluding hydrogens is 413 g/mol. The molecular formula is C23H24FN5O3. The molecule has 8 nitrogen and oxygen atoms in total. The Balaban J connectivity index is 1.31. The molecule has 1 saturated heterocycles. The van der Waals surface area contributed by atoms with E-state index in [0.717, 1.165) is 29.4 Å². The van der Waals surface area contributed by atoms with Crippen LogP contribution in [-0.4, -0.2) is 48.1 Å². The molecule has 2 aliphatic rings. The topological polar surface area (TPSA) is 99.3 Å². The molecule has 32 heavy (non-hydrogen) atoms. The maximum atomic E-state index is 13.4. The quantitative estimate of drug-likeness (QED) is 0.570. The van der Waals surface area contributed by atoms with Crippen LogP contribution >= 0.6 is 0 Å². The number of ether oxygens (including phenoxy) is 1. The number of carbonyl (C=O) groups excluding carboxylic acids is 2. The van der Waals surface area contributed by atoms with Crippen LogP contribution in [0.4, 0.5) is 15.9 Å². The Kier molecular flexibility index (Phi) is 5.48. The highest BCUT2D eigenvalue weighted by atomic mass is 19.1. The Morgan fingerprint density at radius 1 is 1.25 bits per heavy atom. The molecule has 3 aromatic rings. The van der Waals surface area contributed by atoms with Crippen molar-refractivity contribution in [3.8, 4) is 0 Å². The average molecular weight is 437 g/mol. The highest BCUT2D eigenvalue weighted by Gasteiger charge is 2.29. The smallest absolute Gasteiger partial charge is 0.253 e. The molecule has 0 radical (unpaired) electrons. The van der Waals surface area contributed by atoms with Gasteiger partial charge in [-0.1, -0.05) is 0 Å². The second kappa shape index (κ2) is 8.58. The van der Waals surface area contributed by atoms with E-state index >= 15 is 0 Å². The van der Waals surface area contributed by atoms with Crippen molar-refractivity contribution in [1.82, 2.24) is 15.3 Å². The minimum absolute atomic E-state index is 0.0337. The fourth-order valence-electron chi connectivity index (χ4n) is 4.23. The minimum Gasteiger partial charge on any atom is -0.381 e. The van der Waals surface area contributed by atoms with Crippen LogP contribution in [0, 0.1) is 11.7 Å². The maximum Gasteiger partial charge on any atom is 0.253 e. The number of halogens is 1. The van der Waals surface area contributed by atoms with Gasteiger partial charge in [-0.05, 0) is 49.1 Å². The highest BCUT2D eigenvalue weighted by Crippen LogP contribution is 2.30. The van der Waals surface area contributed by atoms with Crippen LogP contribution < -0.4 is 15.5 Å². The van der Waals surface area contributed by atoms with Crippen molar-refractivity contribution in [2.24, 2.45) is 5.92 Å². The van der Waals surface area contributed by atoms with E-state index < -0.39 is 0 Å². The van der Waals surface area contributed by atoms with E-state index in [9.17, 15) is 14.0 Å². The zero-order valence-electron chi connectivity index (χ0n) is 17.5. The van der Waals surface area contributed by atoms with Crippen LogP contribution in [-0.2, 0) is 16.1 Å². The molecule has 3 N–H and O–H groups in total. The lowest BCUT2D eigenvalue weighted by Crippen LogP contribution is -2.44. The van der Waals surface area contributed by atoms with Crippen LogP contribution in [0.3, 0.4) is 0 Å². The van der Waals surface area contributed by atoms with E-state index in [4.69, 9.17) is 4.74 Å². The summed E-state index contributed by atoms with van der Waals surface area (Å²) in [6.07, 6.45) is 3.33. The number of anilines is 2. The van der Waals surface area contributed by atoms with E-state index in [1.54, 1.807) is 17.0 Å². The maximum absolute atomic E-state index is 13.4. The molecule has 9 heteroatoms. The number of hydrogen-bond donors (Lipinski definition) is 3. The van der Waals surface area contributed by atoms with Crippen LogP contribution in [0.5, 0.6) is 0 Å². The number of H-pyrrole nitrogens is 1. The molecule has 0 atom stereocenters. The van der Waals surface area contributed by atoms with E-state index in [2.05, 4.69) is 20.6 Å². The van der Waals surface area contributed by atoms with Gasteiger partial charge in [0.05, 0.1) is 24.3 Å². The molecule has 0 saturated carbocycles. The minimum atomic E-state index is -0.305. The van der Waals surface area contributed by atoms with Gasteiger partial charge in [-0.2, -0.15) is 0 Å². The number of nitrogens with one attached hydrogen (secondary N) is 3. The van der Waals surface area contributed by atoms with Crippen molar-refractivity contribution in [2.75, 3.05) is 36.5 Å². The number of aromatic amines is 1. The van der Waals surface area contributed by atoms with Crippen molar-refractivity contribution < 1.29 is 18.7 Å². The van der Waals surface area contributed by atoms with Gasteiger partial charge in [-0.3, -0.25) is 9.59 Å². The normalized spacial score (nSPS) is 16.7. The first-order valence-corrected chi connectivity index (χ1v) is 10.7. The molecule has 0 aliphatic carbocycles. The predicted octanol–water partition coefficient (Wildman–Crippen LogP) is 2.82. The van der Waals surface area contributed by atoms with Crippen molar-refractivity contribution >= 4 is 34.2 Å². The Morgan fingerprint density at radius 2 is 2.09 bits per heavy atom. The number of rotatable bonds is 5. The van der Waals surface area contributed by atoms with Crippen molar-refractivity contribution in [2.45, 2.75) is 19.4 Å². The Labute approximate surface area is 184 Å². The predicted molar refractivity (Wildman–Crippen MR) is 118 cm³/mol. The fourth-order valence-corrected chi connectivity index (χ4v) is 4.23. The second-order valence-corrected chi connectivity index (χ2v) is 8.21. The molecule has 5 rings (SSSR count). The van der Waals surface area contributed by atoms with E-state index in [1.807, 2.05) is 6.07 Å². The first-order chi connectivity index (χ1) is 15.6. The number of hydrogen-bond acceptors (Lipinski definition) is 5. The highest BCUT2D eigenvalue weighted by molar-refractivity contribution is 6.04. The van der Waals surface area contributed by atoms with Gasteiger partial charge in [-0.25, -0.2) is 9.37 Å². The van der Waals surface area contributed by atoms with Gasteiger partial charge in [0.25, 0.3) is 5.91 Å². The van der Waals surface area contributed by atoms with Crippen molar-refractivity contribution in [3.05, 3.63) is 53.6 Å². The number of amides is 2. The van der Waals surface area contributed by atoms with Gasteiger partial charge in [0.2, 0.25) is 5.91 Å². The monoisotopic (exact) mass is 437 g/mol. The third-order valence-electron chi connectivity index (χ3n) is 5.99. The molecule has 166 valence electrons. The number of pyridine rings is 1. The third-order valence-corrected chi connectivity index (χ3v) is 5.99. The average Bonchev–Trinajstić information content (AvgIpc) is 3.21. The lowest BCUT2D eigenvalue weighted by molar-refractivity contribution is -0.117. The van der Waals surface area contributed by atoms with Gasteiger partial charge >= 0.3 is 0 Å². The Morgan fingerprint density at radius 3 is 2.94 bits per heavy atom. The molecule has 4 heterocycles. The molecule has 2 amide bonds. The first-order valence-electron chi connectivity index (χ1n) is 10.7. The lowest BCUT2D eigenvalue weighted by Gasteiger charge is -2.33. The Hall–Kier alpha value is -3.46. The second-order valence-electron chi connectivity index (χ2n) is 8.21. The molecule has 2 aliphatic heterocycles. The van der Waals surface area contributed by atoms with Gasteiger partial charge in [0.1, 0.15) is 11.6 Å². The molecule has 1 fully saturated rings. The van der Waals surface area contributed by atoms with E-state index in [0.29, 0.717) is 42.7 Å². The van der Waals surface area contributed by atoms with E-state index in [1.165, 1.54) is 18.3 Å². The molecule has 0 unspecified atom stereocenters. The summed E-state index contributed by atoms with van der Waals surface area (Å²) in [6, 6.07) is 8.02. The molecule has 0 bridgehead atoms. The molecule has 1 aromatic carbocycles. The van der Waals surface area contributed by atoms with Gasteiger partial charge in [0.15, 0.2) is 0 Å². The summed E-state index contributed by atoms with van der Waals surface area (Å²) in [6.45, 7) is 2.46. The number of carbonyl (C=O) groups is 2. The van der Waals surface area contributed by atoms with Crippen LogP contribution in [0.15, 0.2) is 36.5 Å². The van der Waals surface area contributed by atoms with Crippen LogP contribution in [0.1, 0.15) is 28.9 Å². The number of nitrogens with zero attached hydrogens (tertiary/aromatic N) is 2. The van der Waals surface area contributed by atoms with Crippen molar-refractivity contribution in [1.29, 1.82) is 0 Å². The zero-order chi connectivity index (χ0) is 22.1. The summed E-state index contributed by atoms with van der Waals surface area (Å²) in [7, 11) is 0. The summed E-state index contributed by atoms with van der Waals surface area (Å²) in [4.78, 5) is 34.7. The van der Waals surface area contributed by atoms with Gasteiger partial charge < -0.3 is 25.3 Å². The summed E-state index contributed by atoms with van der Waals surface area (Å²) in [5.41, 5.74) is 2.57. The summed E-state index contributed by atoms with van der Waals surface area (Å²) in [5.74, 6) is 0.331. The van der Waals surface area contributed by atoms with E-state index in [-0.39, 0.29) is 30.7 Å². The zero-order valence-corrected chi connectivity index (χ0v) is 17.5. The molecule has 0 spiro atoms. The fraction of sp³-hybridized carbons (Fsp3) is 0.348. The largest absolute Gasteiger partial charge is 0.381 e. The lowest BCUT2D eigenvalue weighted by atomic mass is 9.99. The summed E-state index contributed by atoms with van der Waals surface area (Å²) >= 11 is 0.